The number of nitrogens with one attached hydrogen (secondary N) is 8. The van der Waals surface area contributed by atoms with Gasteiger partial charge >= 0.3 is 5.97 Å². The van der Waals surface area contributed by atoms with Crippen LogP contribution in [0.3, 0.4) is 0 Å². The first-order valence-electron chi connectivity index (χ1n) is 19.5. The average Bonchev–Trinajstić information content (AvgIpc) is 3.81. The SMILES string of the molecule is C=COC(C)=O.ClC1CCCC2C3NC4NC(NC5NC(NC6NC(NC(N3)C12)C1CCCCC61)C1CCCCC51)C1CCCCC41. The molecular weight excluding hydrogens is 612 g/mol. The first kappa shape index (κ1) is 33.3. The molecule has 11 heteroatoms. The number of halogens is 1. The summed E-state index contributed by atoms with van der Waals surface area (Å²) >= 11 is 7.19. The lowest BCUT2D eigenvalue weighted by atomic mass is 9.76. The van der Waals surface area contributed by atoms with Gasteiger partial charge in [-0.25, -0.2) is 0 Å². The number of esters is 1. The molecule has 0 radical (unpaired) electrons. The number of carbonyl (C=O) groups excluding carboxylic acids is 1. The van der Waals surface area contributed by atoms with Crippen molar-refractivity contribution in [3.63, 3.8) is 0 Å². The van der Waals surface area contributed by atoms with Crippen LogP contribution < -0.4 is 42.5 Å². The molecule has 5 aliphatic heterocycles. The Hall–Kier alpha value is -0.820. The monoisotopic (exact) mass is 672 g/mol. The van der Waals surface area contributed by atoms with E-state index in [2.05, 4.69) is 53.9 Å². The first-order chi connectivity index (χ1) is 23.0. The van der Waals surface area contributed by atoms with E-state index in [1.54, 1.807) is 0 Å². The van der Waals surface area contributed by atoms with Crippen molar-refractivity contribution in [2.24, 2.45) is 47.3 Å². The van der Waals surface area contributed by atoms with Crippen molar-refractivity contribution in [1.82, 2.24) is 42.5 Å². The van der Waals surface area contributed by atoms with Crippen LogP contribution in [0.2, 0.25) is 0 Å². The Balaban J connectivity index is 0.000000497. The molecule has 9 rings (SSSR count). The van der Waals surface area contributed by atoms with Gasteiger partial charge in [0.2, 0.25) is 0 Å². The quantitative estimate of drug-likeness (QED) is 0.119. The molecule has 10 nitrogen and oxygen atoms in total. The summed E-state index contributed by atoms with van der Waals surface area (Å²) in [5.74, 6) is 5.02. The van der Waals surface area contributed by atoms with E-state index in [1.165, 1.54) is 96.8 Å². The minimum Gasteiger partial charge on any atom is -0.435 e. The molecule has 17 unspecified atom stereocenters. The first-order valence-corrected chi connectivity index (χ1v) is 19.9. The number of alkyl halides is 1. The van der Waals surface area contributed by atoms with Crippen LogP contribution in [-0.4, -0.2) is 60.7 Å². The van der Waals surface area contributed by atoms with E-state index in [1.807, 2.05) is 0 Å². The summed E-state index contributed by atoms with van der Waals surface area (Å²) in [7, 11) is 0. The summed E-state index contributed by atoms with van der Waals surface area (Å²) in [4.78, 5) is 9.75. The van der Waals surface area contributed by atoms with Gasteiger partial charge in [-0.15, -0.1) is 11.6 Å². The van der Waals surface area contributed by atoms with Crippen molar-refractivity contribution >= 4 is 17.6 Å². The molecule has 5 heterocycles. The van der Waals surface area contributed by atoms with E-state index in [-0.39, 0.29) is 17.5 Å². The average molecular weight is 673 g/mol. The van der Waals surface area contributed by atoms with Crippen LogP contribution in [0, 0.1) is 47.3 Å². The molecule has 0 aromatic heterocycles. The maximum atomic E-state index is 9.75. The topological polar surface area (TPSA) is 123 Å². The summed E-state index contributed by atoms with van der Waals surface area (Å²) < 4.78 is 4.17. The van der Waals surface area contributed by atoms with Crippen LogP contribution in [0.15, 0.2) is 12.8 Å². The molecule has 4 aliphatic carbocycles. The molecule has 8 bridgehead atoms. The third kappa shape index (κ3) is 6.58. The summed E-state index contributed by atoms with van der Waals surface area (Å²) in [6.07, 6.45) is 24.0. The molecule has 5 saturated heterocycles. The van der Waals surface area contributed by atoms with Crippen LogP contribution in [0.4, 0.5) is 0 Å². The number of rotatable bonds is 1. The van der Waals surface area contributed by atoms with E-state index >= 15 is 0 Å². The Kier molecular flexibility index (Phi) is 10.2. The molecule has 0 spiro atoms. The summed E-state index contributed by atoms with van der Waals surface area (Å²) in [6, 6.07) is 0. The van der Waals surface area contributed by atoms with E-state index in [0.717, 1.165) is 24.5 Å². The fourth-order valence-electron chi connectivity index (χ4n) is 12.1. The minimum atomic E-state index is -0.329. The Labute approximate surface area is 287 Å². The molecular formula is C36H61ClN8O2. The number of fused-ring (bicyclic) bond motifs is 20. The van der Waals surface area contributed by atoms with Crippen molar-refractivity contribution in [2.75, 3.05) is 0 Å². The van der Waals surface area contributed by atoms with Gasteiger partial charge in [-0.2, -0.15) is 0 Å². The molecule has 4 saturated carbocycles. The Bertz CT molecular complexity index is 1110. The lowest BCUT2D eigenvalue weighted by molar-refractivity contribution is -0.135. The molecule has 9 fully saturated rings. The Morgan fingerprint density at radius 2 is 0.809 bits per heavy atom. The second-order valence-electron chi connectivity index (χ2n) is 16.5. The molecule has 0 aromatic carbocycles. The van der Waals surface area contributed by atoms with Crippen LogP contribution in [0.1, 0.15) is 103 Å². The molecule has 47 heavy (non-hydrogen) atoms. The number of carbonyl (C=O) groups is 1. The number of hydrogen-bond acceptors (Lipinski definition) is 10. The van der Waals surface area contributed by atoms with Gasteiger partial charge in [0.15, 0.2) is 0 Å². The van der Waals surface area contributed by atoms with Gasteiger partial charge in [0, 0.05) is 18.2 Å². The number of ether oxygens (including phenoxy) is 1. The fourth-order valence-corrected chi connectivity index (χ4v) is 12.6. The third-order valence-electron chi connectivity index (χ3n) is 14.1. The van der Waals surface area contributed by atoms with Crippen LogP contribution in [0.25, 0.3) is 0 Å². The van der Waals surface area contributed by atoms with E-state index in [9.17, 15) is 4.79 Å². The van der Waals surface area contributed by atoms with E-state index < -0.39 is 0 Å². The summed E-state index contributed by atoms with van der Waals surface area (Å²) in [6.45, 7) is 4.48. The standard InChI is InChI=1S/C32H55ClN8.C4H6O2/c33-23-15-7-14-22-24(23)32-40-30-21-13-6-5-12-20(21)28(38-30)36-26-17-9-2-1-8-16(17)25(34-26)35-27-18-10-3-4-11-19(18)29(37-27)39-31(22)41-32;1-3-6-4(2)5/h16-32,34-41H,1-15H2;3H,1H2,2H3. The van der Waals surface area contributed by atoms with Crippen LogP contribution >= 0.6 is 11.6 Å². The molecule has 264 valence electrons. The number of hydrogen-bond donors (Lipinski definition) is 8. The van der Waals surface area contributed by atoms with Crippen molar-refractivity contribution in [2.45, 2.75) is 158 Å². The zero-order valence-corrected chi connectivity index (χ0v) is 29.2. The predicted octanol–water partition coefficient (Wildman–Crippen LogP) is 3.52. The Morgan fingerprint density at radius 1 is 0.511 bits per heavy atom. The molecule has 0 aromatic rings. The minimum absolute atomic E-state index is 0.252. The van der Waals surface area contributed by atoms with Crippen molar-refractivity contribution in [3.05, 3.63) is 12.8 Å². The van der Waals surface area contributed by atoms with Gasteiger partial charge in [0.1, 0.15) is 0 Å². The molecule has 0 amide bonds. The Morgan fingerprint density at radius 3 is 1.11 bits per heavy atom. The highest BCUT2D eigenvalue weighted by molar-refractivity contribution is 6.20. The summed E-state index contributed by atoms with van der Waals surface area (Å²) in [5, 5.41) is 33.8. The van der Waals surface area contributed by atoms with Crippen molar-refractivity contribution in [1.29, 1.82) is 0 Å². The lowest BCUT2D eigenvalue weighted by Crippen LogP contribution is -2.61. The fraction of sp³-hybridized carbons (Fsp3) is 0.917. The van der Waals surface area contributed by atoms with Crippen LogP contribution in [-0.2, 0) is 9.53 Å². The zero-order chi connectivity index (χ0) is 32.1. The third-order valence-corrected chi connectivity index (χ3v) is 14.6. The normalized spacial score (nSPS) is 51.7. The van der Waals surface area contributed by atoms with Gasteiger partial charge in [-0.1, -0.05) is 51.5 Å². The maximum absolute atomic E-state index is 9.75. The maximum Gasteiger partial charge on any atom is 0.307 e. The zero-order valence-electron chi connectivity index (χ0n) is 28.4. The van der Waals surface area contributed by atoms with E-state index in [4.69, 9.17) is 11.6 Å². The highest BCUT2D eigenvalue weighted by Gasteiger charge is 2.55. The van der Waals surface area contributed by atoms with Crippen molar-refractivity contribution in [3.8, 4) is 0 Å². The van der Waals surface area contributed by atoms with E-state index in [0.29, 0.717) is 78.7 Å². The molecule has 9 aliphatic rings. The van der Waals surface area contributed by atoms with Crippen LogP contribution in [0.5, 0.6) is 0 Å². The van der Waals surface area contributed by atoms with Crippen molar-refractivity contribution < 1.29 is 9.53 Å². The smallest absolute Gasteiger partial charge is 0.307 e. The highest BCUT2D eigenvalue weighted by atomic mass is 35.5. The van der Waals surface area contributed by atoms with Gasteiger partial charge < -0.3 is 4.74 Å². The largest absolute Gasteiger partial charge is 0.435 e. The van der Waals surface area contributed by atoms with Gasteiger partial charge in [0.25, 0.3) is 0 Å². The highest BCUT2D eigenvalue weighted by Crippen LogP contribution is 2.46. The summed E-state index contributed by atoms with van der Waals surface area (Å²) in [5.41, 5.74) is 0. The van der Waals surface area contributed by atoms with Gasteiger partial charge in [0.05, 0.1) is 55.6 Å². The predicted molar refractivity (Wildman–Crippen MR) is 184 cm³/mol. The molecule has 17 atom stereocenters. The lowest BCUT2D eigenvalue weighted by Gasteiger charge is -2.37. The molecule has 8 N–H and O–H groups in total. The van der Waals surface area contributed by atoms with Gasteiger partial charge in [-0.3, -0.25) is 47.3 Å². The second kappa shape index (κ2) is 14.4. The second-order valence-corrected chi connectivity index (χ2v) is 17.0. The van der Waals surface area contributed by atoms with Gasteiger partial charge in [-0.05, 0) is 92.8 Å².